The highest BCUT2D eigenvalue weighted by atomic mass is 35.5. The molecule has 0 fully saturated rings. The van der Waals surface area contributed by atoms with Gasteiger partial charge in [0.25, 0.3) is 0 Å². The van der Waals surface area contributed by atoms with Crippen molar-refractivity contribution in [2.75, 3.05) is 6.54 Å². The first kappa shape index (κ1) is 13.2. The maximum absolute atomic E-state index is 5.92. The normalized spacial score (nSPS) is 10.4. The van der Waals surface area contributed by atoms with Gasteiger partial charge < -0.3 is 10.5 Å². The molecule has 0 saturated heterocycles. The van der Waals surface area contributed by atoms with E-state index in [1.165, 1.54) is 0 Å². The summed E-state index contributed by atoms with van der Waals surface area (Å²) in [6.07, 6.45) is 0.827. The fourth-order valence-electron chi connectivity index (χ4n) is 1.65. The largest absolute Gasteiger partial charge is 0.457 e. The maximum atomic E-state index is 5.92. The zero-order chi connectivity index (χ0) is 13.0. The van der Waals surface area contributed by atoms with Gasteiger partial charge in [0.15, 0.2) is 0 Å². The predicted molar refractivity (Wildman–Crippen MR) is 75.7 cm³/mol. The Morgan fingerprint density at radius 3 is 2.33 bits per heavy atom. The molecule has 0 aliphatic heterocycles. The second kappa shape index (κ2) is 6.10. The number of halogens is 2. The van der Waals surface area contributed by atoms with Crippen LogP contribution >= 0.6 is 23.2 Å². The first-order valence-corrected chi connectivity index (χ1v) is 6.36. The summed E-state index contributed by atoms with van der Waals surface area (Å²) >= 11 is 11.8. The molecule has 0 aliphatic carbocycles. The van der Waals surface area contributed by atoms with Crippen molar-refractivity contribution in [3.8, 4) is 11.5 Å². The minimum Gasteiger partial charge on any atom is -0.457 e. The number of rotatable bonds is 4. The maximum Gasteiger partial charge on any atom is 0.130 e. The van der Waals surface area contributed by atoms with Crippen LogP contribution in [-0.2, 0) is 6.42 Å². The molecule has 0 amide bonds. The summed E-state index contributed by atoms with van der Waals surface area (Å²) in [6, 6.07) is 12.9. The Kier molecular flexibility index (Phi) is 4.48. The van der Waals surface area contributed by atoms with E-state index in [9.17, 15) is 0 Å². The molecule has 94 valence electrons. The van der Waals surface area contributed by atoms with Gasteiger partial charge >= 0.3 is 0 Å². The number of benzene rings is 2. The van der Waals surface area contributed by atoms with E-state index in [0.29, 0.717) is 22.3 Å². The van der Waals surface area contributed by atoms with Crippen LogP contribution in [0.25, 0.3) is 0 Å². The van der Waals surface area contributed by atoms with Gasteiger partial charge in [0.05, 0.1) is 0 Å². The van der Waals surface area contributed by atoms with Crippen molar-refractivity contribution in [1.82, 2.24) is 0 Å². The van der Waals surface area contributed by atoms with Crippen molar-refractivity contribution < 1.29 is 4.74 Å². The van der Waals surface area contributed by atoms with Crippen molar-refractivity contribution in [3.05, 3.63) is 58.1 Å². The van der Waals surface area contributed by atoms with Crippen molar-refractivity contribution in [3.63, 3.8) is 0 Å². The molecule has 0 saturated carbocycles. The lowest BCUT2D eigenvalue weighted by atomic mass is 10.1. The smallest absolute Gasteiger partial charge is 0.130 e. The molecule has 0 spiro atoms. The van der Waals surface area contributed by atoms with Crippen LogP contribution < -0.4 is 10.5 Å². The molecule has 2 aromatic rings. The average molecular weight is 282 g/mol. The minimum absolute atomic E-state index is 0.551. The first-order valence-electron chi connectivity index (χ1n) is 5.60. The number of hydrogen-bond acceptors (Lipinski definition) is 2. The highest BCUT2D eigenvalue weighted by Gasteiger charge is 2.02. The monoisotopic (exact) mass is 281 g/mol. The average Bonchev–Trinajstić information content (AvgIpc) is 2.28. The van der Waals surface area contributed by atoms with Crippen LogP contribution in [0.2, 0.25) is 10.0 Å². The third kappa shape index (κ3) is 3.64. The van der Waals surface area contributed by atoms with Gasteiger partial charge in [-0.1, -0.05) is 35.3 Å². The van der Waals surface area contributed by atoms with Crippen LogP contribution in [0.3, 0.4) is 0 Å². The Labute approximate surface area is 116 Å². The predicted octanol–water partition coefficient (Wildman–Crippen LogP) is 4.29. The highest BCUT2D eigenvalue weighted by Crippen LogP contribution is 2.28. The molecular weight excluding hydrogens is 269 g/mol. The van der Waals surface area contributed by atoms with E-state index in [0.717, 1.165) is 17.7 Å². The van der Waals surface area contributed by atoms with Crippen LogP contribution in [0.15, 0.2) is 42.5 Å². The first-order chi connectivity index (χ1) is 8.67. The molecule has 0 bridgehead atoms. The van der Waals surface area contributed by atoms with Crippen LogP contribution in [0, 0.1) is 0 Å². The summed E-state index contributed by atoms with van der Waals surface area (Å²) < 4.78 is 5.72. The summed E-state index contributed by atoms with van der Waals surface area (Å²) in [5.74, 6) is 1.37. The number of ether oxygens (including phenoxy) is 1. The third-order valence-corrected chi connectivity index (χ3v) is 2.84. The highest BCUT2D eigenvalue weighted by molar-refractivity contribution is 6.34. The molecule has 0 unspecified atom stereocenters. The van der Waals surface area contributed by atoms with E-state index in [-0.39, 0.29) is 0 Å². The van der Waals surface area contributed by atoms with E-state index in [1.807, 2.05) is 24.3 Å². The molecule has 0 heterocycles. The summed E-state index contributed by atoms with van der Waals surface area (Å²) in [7, 11) is 0. The van der Waals surface area contributed by atoms with Gasteiger partial charge in [-0.25, -0.2) is 0 Å². The third-order valence-electron chi connectivity index (χ3n) is 2.40. The van der Waals surface area contributed by atoms with E-state index in [1.54, 1.807) is 18.2 Å². The SMILES string of the molecule is NCCc1cccc(Oc2cc(Cl)cc(Cl)c2)c1. The van der Waals surface area contributed by atoms with Crippen molar-refractivity contribution in [2.24, 2.45) is 5.73 Å². The molecule has 2 aromatic carbocycles. The van der Waals surface area contributed by atoms with Crippen LogP contribution in [-0.4, -0.2) is 6.54 Å². The fraction of sp³-hybridized carbons (Fsp3) is 0.143. The Morgan fingerprint density at radius 1 is 0.944 bits per heavy atom. The summed E-state index contributed by atoms with van der Waals surface area (Å²) in [4.78, 5) is 0. The molecule has 4 heteroatoms. The molecule has 18 heavy (non-hydrogen) atoms. The molecule has 0 aromatic heterocycles. The van der Waals surface area contributed by atoms with Crippen LogP contribution in [0.4, 0.5) is 0 Å². The fourth-order valence-corrected chi connectivity index (χ4v) is 2.16. The van der Waals surface area contributed by atoms with Crippen LogP contribution in [0.1, 0.15) is 5.56 Å². The number of hydrogen-bond donors (Lipinski definition) is 1. The zero-order valence-electron chi connectivity index (χ0n) is 9.70. The second-order valence-corrected chi connectivity index (χ2v) is 4.77. The van der Waals surface area contributed by atoms with Gasteiger partial charge in [0, 0.05) is 10.0 Å². The topological polar surface area (TPSA) is 35.2 Å². The molecule has 0 atom stereocenters. The van der Waals surface area contributed by atoms with E-state index in [2.05, 4.69) is 0 Å². The Balaban J connectivity index is 2.20. The van der Waals surface area contributed by atoms with E-state index in [4.69, 9.17) is 33.7 Å². The molecule has 2 N–H and O–H groups in total. The van der Waals surface area contributed by atoms with Gasteiger partial charge in [-0.2, -0.15) is 0 Å². The summed E-state index contributed by atoms with van der Waals surface area (Å²) in [6.45, 7) is 0.618. The summed E-state index contributed by atoms with van der Waals surface area (Å²) in [5.41, 5.74) is 6.67. The quantitative estimate of drug-likeness (QED) is 0.908. The van der Waals surface area contributed by atoms with Gasteiger partial charge in [0.2, 0.25) is 0 Å². The van der Waals surface area contributed by atoms with E-state index < -0.39 is 0 Å². The molecule has 2 nitrogen and oxygen atoms in total. The van der Waals surface area contributed by atoms with Crippen molar-refractivity contribution in [1.29, 1.82) is 0 Å². The summed E-state index contributed by atoms with van der Waals surface area (Å²) in [5, 5.41) is 1.10. The van der Waals surface area contributed by atoms with Crippen LogP contribution in [0.5, 0.6) is 11.5 Å². The lowest BCUT2D eigenvalue weighted by molar-refractivity contribution is 0.482. The molecule has 2 rings (SSSR count). The molecule has 0 aliphatic rings. The minimum atomic E-state index is 0.551. The Bertz CT molecular complexity index is 523. The lowest BCUT2D eigenvalue weighted by Gasteiger charge is -2.08. The van der Waals surface area contributed by atoms with E-state index >= 15 is 0 Å². The zero-order valence-corrected chi connectivity index (χ0v) is 11.2. The number of nitrogens with two attached hydrogens (primary N) is 1. The Morgan fingerprint density at radius 2 is 1.67 bits per heavy atom. The Hall–Kier alpha value is -1.22. The van der Waals surface area contributed by atoms with Crippen molar-refractivity contribution >= 4 is 23.2 Å². The van der Waals surface area contributed by atoms with Gasteiger partial charge in [-0.15, -0.1) is 0 Å². The standard InChI is InChI=1S/C14H13Cl2NO/c15-11-7-12(16)9-14(8-11)18-13-3-1-2-10(6-13)4-5-17/h1-3,6-9H,4-5,17H2. The lowest BCUT2D eigenvalue weighted by Crippen LogP contribution is -2.02. The molecular formula is C14H13Cl2NO. The van der Waals surface area contributed by atoms with Gasteiger partial charge in [-0.3, -0.25) is 0 Å². The van der Waals surface area contributed by atoms with Gasteiger partial charge in [-0.05, 0) is 48.9 Å². The second-order valence-electron chi connectivity index (χ2n) is 3.89. The van der Waals surface area contributed by atoms with Gasteiger partial charge in [0.1, 0.15) is 11.5 Å². The molecule has 0 radical (unpaired) electrons. The van der Waals surface area contributed by atoms with Crippen molar-refractivity contribution in [2.45, 2.75) is 6.42 Å².